The summed E-state index contributed by atoms with van der Waals surface area (Å²) in [4.78, 5) is 0. The van der Waals surface area contributed by atoms with E-state index in [4.69, 9.17) is 18.1 Å². The van der Waals surface area contributed by atoms with Crippen LogP contribution in [0.4, 0.5) is 0 Å². The minimum atomic E-state index is -0.977. The van der Waals surface area contributed by atoms with Crippen LogP contribution in [0.3, 0.4) is 0 Å². The van der Waals surface area contributed by atoms with Crippen LogP contribution in [0.15, 0.2) is 0 Å². The average molecular weight is 675 g/mol. The maximum Gasteiger partial charge on any atom is 0.258 e. The van der Waals surface area contributed by atoms with Gasteiger partial charge in [-0.3, -0.25) is 0 Å². The molecule has 0 unspecified atom stereocenters. The summed E-state index contributed by atoms with van der Waals surface area (Å²) in [6, 6.07) is 0. The summed E-state index contributed by atoms with van der Waals surface area (Å²) < 4.78 is 31.3. The Hall–Kier alpha value is 0.620. The predicted molar refractivity (Wildman–Crippen MR) is 197 cm³/mol. The Morgan fingerprint density at radius 3 is 0.822 bits per heavy atom. The standard InChI is InChI=1S/C37H76N2O4P2/c1-5-9-13-17-21-25-29-38(30-26-22-18-14-10-6-2)44-40-33-37(34-41-44)35-42-45(43-36-37)39(31-27-23-19-15-11-7-3)32-28-24-20-16-12-8-4/h5-36H2,1-4H3. The first-order valence-corrected chi connectivity index (χ1v) is 22.1. The highest BCUT2D eigenvalue weighted by Gasteiger charge is 2.45. The number of hydrogen-bond acceptors (Lipinski definition) is 6. The summed E-state index contributed by atoms with van der Waals surface area (Å²) in [5.74, 6) is 0. The highest BCUT2D eigenvalue weighted by Crippen LogP contribution is 2.55. The summed E-state index contributed by atoms with van der Waals surface area (Å²) in [6.07, 6.45) is 31.9. The molecule has 0 bridgehead atoms. The monoisotopic (exact) mass is 675 g/mol. The second-order valence-corrected chi connectivity index (χ2v) is 17.2. The Kier molecular flexibility index (Phi) is 26.4. The van der Waals surface area contributed by atoms with Gasteiger partial charge in [0.15, 0.2) is 0 Å². The van der Waals surface area contributed by atoms with Crippen molar-refractivity contribution in [3.8, 4) is 0 Å². The van der Waals surface area contributed by atoms with Gasteiger partial charge >= 0.3 is 0 Å². The number of hydrogen-bond donors (Lipinski definition) is 0. The minimum absolute atomic E-state index is 0.157. The molecule has 2 fully saturated rings. The number of rotatable bonds is 30. The van der Waals surface area contributed by atoms with Gasteiger partial charge in [0, 0.05) is 26.2 Å². The lowest BCUT2D eigenvalue weighted by Crippen LogP contribution is -2.47. The molecular formula is C37H76N2O4P2. The molecular weight excluding hydrogens is 598 g/mol. The third-order valence-corrected chi connectivity index (χ3v) is 12.6. The third-order valence-electron chi connectivity index (χ3n) is 9.47. The van der Waals surface area contributed by atoms with Gasteiger partial charge in [0.2, 0.25) is 0 Å². The smallest absolute Gasteiger partial charge is 0.258 e. The number of nitrogens with zero attached hydrogens (tertiary/aromatic N) is 2. The minimum Gasteiger partial charge on any atom is -0.321 e. The molecule has 0 aromatic heterocycles. The molecule has 2 saturated heterocycles. The maximum atomic E-state index is 6.55. The van der Waals surface area contributed by atoms with Gasteiger partial charge in [-0.25, -0.2) is 9.34 Å². The van der Waals surface area contributed by atoms with Crippen molar-refractivity contribution >= 4 is 17.1 Å². The summed E-state index contributed by atoms with van der Waals surface area (Å²) in [7, 11) is -1.95. The van der Waals surface area contributed by atoms with Crippen molar-refractivity contribution in [3.63, 3.8) is 0 Å². The van der Waals surface area contributed by atoms with Gasteiger partial charge in [-0.1, -0.05) is 156 Å². The van der Waals surface area contributed by atoms with E-state index >= 15 is 0 Å². The summed E-state index contributed by atoms with van der Waals surface area (Å²) in [5.41, 5.74) is -0.157. The van der Waals surface area contributed by atoms with Crippen LogP contribution >= 0.6 is 17.1 Å². The molecule has 0 atom stereocenters. The second-order valence-electron chi connectivity index (χ2n) is 14.0. The topological polar surface area (TPSA) is 43.4 Å². The fraction of sp³-hybridized carbons (Fsp3) is 1.00. The maximum absolute atomic E-state index is 6.55. The fourth-order valence-electron chi connectivity index (χ4n) is 6.27. The normalized spacial score (nSPS) is 22.3. The Labute approximate surface area is 283 Å². The van der Waals surface area contributed by atoms with Crippen LogP contribution in [0.5, 0.6) is 0 Å². The Balaban J connectivity index is 1.81. The first-order chi connectivity index (χ1) is 22.2. The molecule has 0 amide bonds. The van der Waals surface area contributed by atoms with Crippen LogP contribution in [-0.4, -0.2) is 61.9 Å². The van der Waals surface area contributed by atoms with Crippen LogP contribution < -0.4 is 0 Å². The van der Waals surface area contributed by atoms with Gasteiger partial charge in [0.25, 0.3) is 17.1 Å². The van der Waals surface area contributed by atoms with Gasteiger partial charge in [0.1, 0.15) is 0 Å². The van der Waals surface area contributed by atoms with Gasteiger partial charge in [-0.05, 0) is 25.7 Å². The first kappa shape index (κ1) is 41.8. The molecule has 0 aromatic rings. The van der Waals surface area contributed by atoms with Crippen molar-refractivity contribution in [2.75, 3.05) is 52.6 Å². The van der Waals surface area contributed by atoms with Gasteiger partial charge in [-0.2, -0.15) is 0 Å². The largest absolute Gasteiger partial charge is 0.321 e. The van der Waals surface area contributed by atoms with Gasteiger partial charge in [-0.15, -0.1) is 0 Å². The lowest BCUT2D eigenvalue weighted by Gasteiger charge is -2.46. The molecule has 2 rings (SSSR count). The molecule has 2 heterocycles. The first-order valence-electron chi connectivity index (χ1n) is 19.8. The van der Waals surface area contributed by atoms with Crippen LogP contribution in [0.1, 0.15) is 182 Å². The molecule has 0 aliphatic carbocycles. The van der Waals surface area contributed by atoms with Crippen molar-refractivity contribution in [1.29, 1.82) is 0 Å². The average Bonchev–Trinajstić information content (AvgIpc) is 3.06. The van der Waals surface area contributed by atoms with Crippen molar-refractivity contribution < 1.29 is 18.1 Å². The highest BCUT2D eigenvalue weighted by molar-refractivity contribution is 7.45. The molecule has 1 spiro atoms. The van der Waals surface area contributed by atoms with E-state index in [1.807, 2.05) is 0 Å². The third kappa shape index (κ3) is 19.4. The number of unbranched alkanes of at least 4 members (excludes halogenated alkanes) is 20. The van der Waals surface area contributed by atoms with Gasteiger partial charge in [0.05, 0.1) is 31.8 Å². The summed E-state index contributed by atoms with van der Waals surface area (Å²) in [6.45, 7) is 16.4. The molecule has 0 N–H and O–H groups in total. The summed E-state index contributed by atoms with van der Waals surface area (Å²) in [5, 5.41) is 0. The lowest BCUT2D eigenvalue weighted by atomic mass is 9.93. The van der Waals surface area contributed by atoms with E-state index in [1.165, 1.54) is 154 Å². The van der Waals surface area contributed by atoms with Crippen molar-refractivity contribution in [1.82, 2.24) is 9.34 Å². The molecule has 2 aliphatic heterocycles. The molecule has 0 radical (unpaired) electrons. The zero-order valence-corrected chi connectivity index (χ0v) is 32.3. The predicted octanol–water partition coefficient (Wildman–Crippen LogP) is 12.6. The SMILES string of the molecule is CCCCCCCCN(CCCCCCCC)P1OCC2(CO1)COP(N(CCCCCCCC)CCCCCCCC)OC2. The fourth-order valence-corrected chi connectivity index (χ4v) is 9.83. The van der Waals surface area contributed by atoms with E-state index in [1.54, 1.807) is 0 Å². The van der Waals surface area contributed by atoms with E-state index in [2.05, 4.69) is 37.0 Å². The van der Waals surface area contributed by atoms with Crippen molar-refractivity contribution in [2.45, 2.75) is 182 Å². The molecule has 2 aliphatic rings. The molecule has 8 heteroatoms. The van der Waals surface area contributed by atoms with E-state index in [-0.39, 0.29) is 5.41 Å². The Morgan fingerprint density at radius 2 is 0.578 bits per heavy atom. The quantitative estimate of drug-likeness (QED) is 0.0558. The van der Waals surface area contributed by atoms with Crippen LogP contribution in [0.2, 0.25) is 0 Å². The molecule has 45 heavy (non-hydrogen) atoms. The van der Waals surface area contributed by atoms with E-state index in [0.717, 1.165) is 26.2 Å². The highest BCUT2D eigenvalue weighted by atomic mass is 31.2. The van der Waals surface area contributed by atoms with Crippen LogP contribution in [-0.2, 0) is 18.1 Å². The zero-order chi connectivity index (χ0) is 32.3. The van der Waals surface area contributed by atoms with Crippen molar-refractivity contribution in [2.24, 2.45) is 5.41 Å². The van der Waals surface area contributed by atoms with E-state index in [9.17, 15) is 0 Å². The molecule has 6 nitrogen and oxygen atoms in total. The van der Waals surface area contributed by atoms with Gasteiger partial charge < -0.3 is 18.1 Å². The zero-order valence-electron chi connectivity index (χ0n) is 30.5. The molecule has 0 saturated carbocycles. The molecule has 268 valence electrons. The van der Waals surface area contributed by atoms with Crippen LogP contribution in [0.25, 0.3) is 0 Å². The Morgan fingerprint density at radius 1 is 0.356 bits per heavy atom. The van der Waals surface area contributed by atoms with E-state index < -0.39 is 17.1 Å². The summed E-state index contributed by atoms with van der Waals surface area (Å²) >= 11 is 0. The van der Waals surface area contributed by atoms with Crippen molar-refractivity contribution in [3.05, 3.63) is 0 Å². The second kappa shape index (κ2) is 28.5. The van der Waals surface area contributed by atoms with Crippen LogP contribution in [0, 0.1) is 5.41 Å². The Bertz CT molecular complexity index is 556. The molecule has 0 aromatic carbocycles. The van der Waals surface area contributed by atoms with E-state index in [0.29, 0.717) is 26.4 Å². The lowest BCUT2D eigenvalue weighted by molar-refractivity contribution is -0.0652.